The molecular formula is C4H3BrO2S2. The molecule has 1 rings (SSSR count). The summed E-state index contributed by atoms with van der Waals surface area (Å²) in [5.41, 5.74) is 0. The number of thioether (sulfide) groups is 1. The van der Waals surface area contributed by atoms with Gasteiger partial charge >= 0.3 is 0 Å². The van der Waals surface area contributed by atoms with E-state index in [0.29, 0.717) is 10.6 Å². The lowest BCUT2D eigenvalue weighted by Gasteiger charge is -1.81. The predicted molar refractivity (Wildman–Crippen MR) is 43.1 cm³/mol. The van der Waals surface area contributed by atoms with Crippen molar-refractivity contribution in [2.45, 2.75) is 6.42 Å². The number of hydrogen-bond donors (Lipinski definition) is 0. The highest BCUT2D eigenvalue weighted by atomic mass is 79.9. The average Bonchev–Trinajstić information content (AvgIpc) is 2.14. The third-order valence-corrected chi connectivity index (χ3v) is 3.59. The van der Waals surface area contributed by atoms with Gasteiger partial charge in [-0.25, -0.2) is 0 Å². The Labute approximate surface area is 67.0 Å². The van der Waals surface area contributed by atoms with E-state index in [1.54, 1.807) is 0 Å². The minimum atomic E-state index is -2.01. The molecule has 50 valence electrons. The zero-order valence-corrected chi connectivity index (χ0v) is 7.51. The lowest BCUT2D eigenvalue weighted by Crippen LogP contribution is -1.83. The predicted octanol–water partition coefficient (Wildman–Crippen LogP) is 1.37. The zero-order chi connectivity index (χ0) is 6.85. The summed E-state index contributed by atoms with van der Waals surface area (Å²) in [5.74, 6) is 0. The van der Waals surface area contributed by atoms with Gasteiger partial charge in [0.1, 0.15) is 4.20 Å². The average molecular weight is 227 g/mol. The number of allylic oxidation sites excluding steroid dienone is 1. The van der Waals surface area contributed by atoms with Crippen molar-refractivity contribution in [3.63, 3.8) is 0 Å². The van der Waals surface area contributed by atoms with Crippen LogP contribution in [0.1, 0.15) is 6.42 Å². The van der Waals surface area contributed by atoms with Crippen LogP contribution in [0.25, 0.3) is 0 Å². The summed E-state index contributed by atoms with van der Waals surface area (Å²) in [7, 11) is -2.01. The highest BCUT2D eigenvalue weighted by molar-refractivity contribution is 9.14. The fraction of sp³-hybridized carbons (Fsp3) is 0.250. The van der Waals surface area contributed by atoms with E-state index >= 15 is 0 Å². The van der Waals surface area contributed by atoms with Gasteiger partial charge in [0.15, 0.2) is 0 Å². The quantitative estimate of drug-likeness (QED) is 0.586. The van der Waals surface area contributed by atoms with Gasteiger partial charge in [0.05, 0.1) is 3.81 Å². The van der Waals surface area contributed by atoms with Crippen LogP contribution in [0.4, 0.5) is 0 Å². The van der Waals surface area contributed by atoms with Crippen LogP contribution in [-0.2, 0) is 10.3 Å². The molecule has 0 unspecified atom stereocenters. The molecule has 0 bridgehead atoms. The van der Waals surface area contributed by atoms with Crippen molar-refractivity contribution in [2.24, 2.45) is 0 Å². The second kappa shape index (κ2) is 2.90. The minimum absolute atomic E-state index is 0.488. The minimum Gasteiger partial charge on any atom is -0.184 e. The fourth-order valence-electron chi connectivity index (χ4n) is 0.458. The van der Waals surface area contributed by atoms with Crippen LogP contribution in [0.5, 0.6) is 0 Å². The molecule has 0 aromatic heterocycles. The summed E-state index contributed by atoms with van der Waals surface area (Å²) >= 11 is 4.43. The largest absolute Gasteiger partial charge is 0.224 e. The van der Waals surface area contributed by atoms with Crippen molar-refractivity contribution >= 4 is 42.2 Å². The van der Waals surface area contributed by atoms with Crippen LogP contribution in [0.15, 0.2) is 9.89 Å². The lowest BCUT2D eigenvalue weighted by atomic mass is 10.5. The van der Waals surface area contributed by atoms with Crippen LogP contribution in [-0.4, -0.2) is 12.6 Å². The molecule has 0 aromatic rings. The van der Waals surface area contributed by atoms with E-state index in [0.717, 1.165) is 3.81 Å². The second-order valence-electron chi connectivity index (χ2n) is 1.42. The maximum Gasteiger partial charge on any atom is 0.224 e. The SMILES string of the molecule is O=S(=O)=C1CC=C(Br)S1. The topological polar surface area (TPSA) is 34.1 Å². The number of rotatable bonds is 0. The molecular weight excluding hydrogens is 224 g/mol. The van der Waals surface area contributed by atoms with Gasteiger partial charge in [-0.05, 0) is 15.9 Å². The summed E-state index contributed by atoms with van der Waals surface area (Å²) in [6, 6.07) is 0. The summed E-state index contributed by atoms with van der Waals surface area (Å²) < 4.78 is 21.8. The molecule has 0 amide bonds. The monoisotopic (exact) mass is 226 g/mol. The van der Waals surface area contributed by atoms with Crippen molar-refractivity contribution in [1.82, 2.24) is 0 Å². The molecule has 0 aromatic carbocycles. The van der Waals surface area contributed by atoms with E-state index in [2.05, 4.69) is 15.9 Å². The van der Waals surface area contributed by atoms with Gasteiger partial charge in [-0.15, -0.1) is 0 Å². The van der Waals surface area contributed by atoms with Crippen LogP contribution in [0.3, 0.4) is 0 Å². The standard InChI is InChI=1S/C4H3BrO2S2/c5-3-1-2-4(8-3)9(6)7/h1H,2H2. The first-order chi connectivity index (χ1) is 4.20. The first-order valence-electron chi connectivity index (χ1n) is 2.19. The third-order valence-electron chi connectivity index (χ3n) is 0.826. The Morgan fingerprint density at radius 1 is 1.67 bits per heavy atom. The molecule has 0 saturated heterocycles. The normalized spacial score (nSPS) is 17.9. The van der Waals surface area contributed by atoms with E-state index in [-0.39, 0.29) is 0 Å². The van der Waals surface area contributed by atoms with Gasteiger partial charge in [-0.1, -0.05) is 17.8 Å². The maximum atomic E-state index is 10.2. The molecule has 0 aliphatic carbocycles. The van der Waals surface area contributed by atoms with E-state index in [1.165, 1.54) is 11.8 Å². The third kappa shape index (κ3) is 1.84. The Morgan fingerprint density at radius 3 is 2.56 bits per heavy atom. The Morgan fingerprint density at radius 2 is 2.33 bits per heavy atom. The summed E-state index contributed by atoms with van der Waals surface area (Å²) in [6.45, 7) is 0. The van der Waals surface area contributed by atoms with E-state index < -0.39 is 10.3 Å². The van der Waals surface area contributed by atoms with Crippen LogP contribution >= 0.6 is 27.7 Å². The van der Waals surface area contributed by atoms with Crippen molar-refractivity contribution in [2.75, 3.05) is 0 Å². The summed E-state index contributed by atoms with van der Waals surface area (Å²) in [5, 5.41) is 0. The highest BCUT2D eigenvalue weighted by Crippen LogP contribution is 2.31. The van der Waals surface area contributed by atoms with Gasteiger partial charge < -0.3 is 0 Å². The summed E-state index contributed by atoms with van der Waals surface area (Å²) in [6.07, 6.45) is 2.37. The molecule has 0 radical (unpaired) electrons. The lowest BCUT2D eigenvalue weighted by molar-refractivity contribution is 0.627. The fourth-order valence-corrected chi connectivity index (χ4v) is 2.84. The van der Waals surface area contributed by atoms with Crippen LogP contribution < -0.4 is 0 Å². The van der Waals surface area contributed by atoms with Gasteiger partial charge in [0, 0.05) is 6.42 Å². The number of hydrogen-bond acceptors (Lipinski definition) is 3. The van der Waals surface area contributed by atoms with E-state index in [4.69, 9.17) is 0 Å². The van der Waals surface area contributed by atoms with E-state index in [9.17, 15) is 8.42 Å². The molecule has 0 N–H and O–H groups in total. The molecule has 1 heterocycles. The molecule has 1 aliphatic rings. The highest BCUT2D eigenvalue weighted by Gasteiger charge is 2.10. The van der Waals surface area contributed by atoms with Gasteiger partial charge in [0.25, 0.3) is 0 Å². The Hall–Kier alpha value is 0.260. The Bertz CT molecular complexity index is 267. The molecule has 5 heteroatoms. The van der Waals surface area contributed by atoms with Crippen molar-refractivity contribution in [3.8, 4) is 0 Å². The first kappa shape index (κ1) is 7.37. The van der Waals surface area contributed by atoms with E-state index in [1.807, 2.05) is 6.08 Å². The van der Waals surface area contributed by atoms with Gasteiger partial charge in [-0.2, -0.15) is 8.42 Å². The number of halogens is 1. The first-order valence-corrected chi connectivity index (χ1v) is 4.87. The van der Waals surface area contributed by atoms with Crippen molar-refractivity contribution in [1.29, 1.82) is 0 Å². The Balaban J connectivity index is 2.92. The molecule has 0 saturated carbocycles. The van der Waals surface area contributed by atoms with Crippen LogP contribution in [0.2, 0.25) is 0 Å². The molecule has 1 aliphatic heterocycles. The zero-order valence-electron chi connectivity index (χ0n) is 4.30. The molecule has 0 fully saturated rings. The smallest absolute Gasteiger partial charge is 0.184 e. The van der Waals surface area contributed by atoms with Crippen molar-refractivity contribution < 1.29 is 8.42 Å². The molecule has 0 spiro atoms. The Kier molecular flexibility index (Phi) is 2.37. The second-order valence-corrected chi connectivity index (χ2v) is 5.16. The van der Waals surface area contributed by atoms with Gasteiger partial charge in [0.2, 0.25) is 10.3 Å². The molecule has 0 atom stereocenters. The molecule has 2 nitrogen and oxygen atoms in total. The van der Waals surface area contributed by atoms with Crippen LogP contribution in [0, 0.1) is 0 Å². The molecule has 9 heavy (non-hydrogen) atoms. The summed E-state index contributed by atoms with van der Waals surface area (Å²) in [4.78, 5) is 0. The van der Waals surface area contributed by atoms with Gasteiger partial charge in [-0.3, -0.25) is 0 Å². The van der Waals surface area contributed by atoms with Crippen molar-refractivity contribution in [3.05, 3.63) is 9.89 Å². The maximum absolute atomic E-state index is 10.2.